The lowest BCUT2D eigenvalue weighted by atomic mass is 10.3. The second-order valence-electron chi connectivity index (χ2n) is 3.54. The van der Waals surface area contributed by atoms with Crippen molar-refractivity contribution in [2.75, 3.05) is 7.05 Å². The number of carbonyl (C=O) groups is 1. The molecule has 0 aliphatic heterocycles. The lowest BCUT2D eigenvalue weighted by Crippen LogP contribution is -2.19. The molecule has 2 rings (SSSR count). The van der Waals surface area contributed by atoms with Crippen molar-refractivity contribution in [3.8, 4) is 11.6 Å². The molecule has 0 saturated carbocycles. The SMILES string of the molecule is CNC(=O)c1ccc(Oc2cc(F)cc(Br)c2)nn1. The highest BCUT2D eigenvalue weighted by Crippen LogP contribution is 2.24. The van der Waals surface area contributed by atoms with Gasteiger partial charge in [0.15, 0.2) is 5.69 Å². The highest BCUT2D eigenvalue weighted by molar-refractivity contribution is 9.10. The van der Waals surface area contributed by atoms with Crippen LogP contribution in [-0.4, -0.2) is 23.2 Å². The number of nitrogens with zero attached hydrogens (tertiary/aromatic N) is 2. The van der Waals surface area contributed by atoms with Gasteiger partial charge in [-0.15, -0.1) is 10.2 Å². The second kappa shape index (κ2) is 5.75. The summed E-state index contributed by atoms with van der Waals surface area (Å²) in [5.74, 6) is -0.314. The second-order valence-corrected chi connectivity index (χ2v) is 4.46. The topological polar surface area (TPSA) is 64.1 Å². The molecule has 7 heteroatoms. The van der Waals surface area contributed by atoms with E-state index in [0.717, 1.165) is 0 Å². The smallest absolute Gasteiger partial charge is 0.271 e. The summed E-state index contributed by atoms with van der Waals surface area (Å²) in [6.45, 7) is 0. The van der Waals surface area contributed by atoms with Crippen LogP contribution in [0.1, 0.15) is 10.5 Å². The van der Waals surface area contributed by atoms with E-state index < -0.39 is 5.82 Å². The van der Waals surface area contributed by atoms with Crippen molar-refractivity contribution in [2.24, 2.45) is 0 Å². The maximum absolute atomic E-state index is 13.1. The summed E-state index contributed by atoms with van der Waals surface area (Å²) in [5, 5.41) is 9.86. The van der Waals surface area contributed by atoms with Crippen LogP contribution in [0.25, 0.3) is 0 Å². The van der Waals surface area contributed by atoms with Gasteiger partial charge >= 0.3 is 0 Å². The zero-order valence-corrected chi connectivity index (χ0v) is 11.4. The average Bonchev–Trinajstić information content (AvgIpc) is 2.37. The van der Waals surface area contributed by atoms with E-state index in [1.54, 1.807) is 6.07 Å². The summed E-state index contributed by atoms with van der Waals surface area (Å²) in [7, 11) is 1.50. The van der Waals surface area contributed by atoms with Crippen molar-refractivity contribution in [3.63, 3.8) is 0 Å². The third kappa shape index (κ3) is 3.47. The molecular formula is C12H9BrFN3O2. The van der Waals surface area contributed by atoms with E-state index in [9.17, 15) is 9.18 Å². The first-order valence-electron chi connectivity index (χ1n) is 5.28. The molecule has 0 radical (unpaired) electrons. The Kier molecular flexibility index (Phi) is 4.06. The van der Waals surface area contributed by atoms with Crippen molar-refractivity contribution in [3.05, 3.63) is 46.3 Å². The van der Waals surface area contributed by atoms with Crippen molar-refractivity contribution in [2.45, 2.75) is 0 Å². The van der Waals surface area contributed by atoms with Gasteiger partial charge in [0, 0.05) is 23.7 Å². The number of carbonyl (C=O) groups excluding carboxylic acids is 1. The third-order valence-corrected chi connectivity index (χ3v) is 2.62. The van der Waals surface area contributed by atoms with E-state index >= 15 is 0 Å². The Morgan fingerprint density at radius 3 is 2.68 bits per heavy atom. The summed E-state index contributed by atoms with van der Waals surface area (Å²) in [4.78, 5) is 11.3. The largest absolute Gasteiger partial charge is 0.437 e. The number of nitrogens with one attached hydrogen (secondary N) is 1. The molecule has 1 amide bonds. The maximum atomic E-state index is 13.1. The molecule has 1 N–H and O–H groups in total. The molecule has 2 aromatic rings. The molecule has 98 valence electrons. The lowest BCUT2D eigenvalue weighted by Gasteiger charge is -2.05. The van der Waals surface area contributed by atoms with E-state index in [4.69, 9.17) is 4.74 Å². The van der Waals surface area contributed by atoms with Gasteiger partial charge in [-0.25, -0.2) is 4.39 Å². The van der Waals surface area contributed by atoms with Crippen molar-refractivity contribution in [1.29, 1.82) is 0 Å². The van der Waals surface area contributed by atoms with E-state index in [1.165, 1.54) is 31.3 Å². The van der Waals surface area contributed by atoms with Crippen LogP contribution in [0.3, 0.4) is 0 Å². The molecule has 1 aromatic heterocycles. The average molecular weight is 326 g/mol. The van der Waals surface area contributed by atoms with Gasteiger partial charge in [-0.05, 0) is 18.2 Å². The van der Waals surface area contributed by atoms with Crippen LogP contribution in [0.5, 0.6) is 11.6 Å². The molecule has 0 unspecified atom stereocenters. The maximum Gasteiger partial charge on any atom is 0.271 e. The molecule has 19 heavy (non-hydrogen) atoms. The minimum absolute atomic E-state index is 0.171. The Labute approximate surface area is 116 Å². The predicted molar refractivity (Wildman–Crippen MR) is 69.6 cm³/mol. The van der Waals surface area contributed by atoms with Gasteiger partial charge < -0.3 is 10.1 Å². The van der Waals surface area contributed by atoms with Crippen LogP contribution in [0, 0.1) is 5.82 Å². The van der Waals surface area contributed by atoms with Gasteiger partial charge in [0.25, 0.3) is 5.91 Å². The standard InChI is InChI=1S/C12H9BrFN3O2/c1-15-12(18)10-2-3-11(17-16-10)19-9-5-7(13)4-8(14)6-9/h2-6H,1H3,(H,15,18). The predicted octanol–water partition coefficient (Wildman–Crippen LogP) is 2.53. The minimum Gasteiger partial charge on any atom is -0.437 e. The van der Waals surface area contributed by atoms with Crippen molar-refractivity contribution >= 4 is 21.8 Å². The quantitative estimate of drug-likeness (QED) is 0.941. The number of benzene rings is 1. The van der Waals surface area contributed by atoms with Crippen molar-refractivity contribution in [1.82, 2.24) is 15.5 Å². The Bertz CT molecular complexity index is 584. The normalized spacial score (nSPS) is 10.1. The summed E-state index contributed by atoms with van der Waals surface area (Å²) >= 11 is 3.16. The lowest BCUT2D eigenvalue weighted by molar-refractivity contribution is 0.0957. The van der Waals surface area contributed by atoms with Crippen LogP contribution in [0.2, 0.25) is 0 Å². The summed E-state index contributed by atoms with van der Waals surface area (Å²) in [6, 6.07) is 7.08. The fourth-order valence-electron chi connectivity index (χ4n) is 1.33. The number of amides is 1. The van der Waals surface area contributed by atoms with E-state index in [-0.39, 0.29) is 23.2 Å². The van der Waals surface area contributed by atoms with Gasteiger partial charge in [0.1, 0.15) is 11.6 Å². The number of hydrogen-bond donors (Lipinski definition) is 1. The number of hydrogen-bond acceptors (Lipinski definition) is 4. The van der Waals surface area contributed by atoms with Gasteiger partial charge in [-0.1, -0.05) is 15.9 Å². The highest BCUT2D eigenvalue weighted by atomic mass is 79.9. The Balaban J connectivity index is 2.17. The minimum atomic E-state index is -0.431. The number of halogens is 2. The zero-order valence-electron chi connectivity index (χ0n) is 9.85. The van der Waals surface area contributed by atoms with E-state index in [2.05, 4.69) is 31.4 Å². The molecule has 0 atom stereocenters. The first-order valence-corrected chi connectivity index (χ1v) is 6.07. The van der Waals surface area contributed by atoms with E-state index in [1.807, 2.05) is 0 Å². The molecule has 0 aliphatic rings. The fourth-order valence-corrected chi connectivity index (χ4v) is 1.78. The molecule has 0 bridgehead atoms. The Morgan fingerprint density at radius 1 is 1.32 bits per heavy atom. The molecule has 1 aromatic carbocycles. The third-order valence-electron chi connectivity index (χ3n) is 2.16. The van der Waals surface area contributed by atoms with Crippen LogP contribution in [-0.2, 0) is 0 Å². The summed E-state index contributed by atoms with van der Waals surface area (Å²) in [5.41, 5.74) is 0.176. The first-order chi connectivity index (χ1) is 9.08. The van der Waals surface area contributed by atoms with Gasteiger partial charge in [-0.3, -0.25) is 4.79 Å². The molecular weight excluding hydrogens is 317 g/mol. The molecule has 5 nitrogen and oxygen atoms in total. The van der Waals surface area contributed by atoms with Crippen molar-refractivity contribution < 1.29 is 13.9 Å². The summed E-state index contributed by atoms with van der Waals surface area (Å²) in [6.07, 6.45) is 0. The van der Waals surface area contributed by atoms with Gasteiger partial charge in [0.05, 0.1) is 0 Å². The molecule has 1 heterocycles. The number of rotatable bonds is 3. The van der Waals surface area contributed by atoms with Crippen LogP contribution in [0.15, 0.2) is 34.8 Å². The summed E-state index contributed by atoms with van der Waals surface area (Å²) < 4.78 is 19.0. The zero-order chi connectivity index (χ0) is 13.8. The first kappa shape index (κ1) is 13.4. The van der Waals surface area contributed by atoms with Gasteiger partial charge in [0.2, 0.25) is 5.88 Å². The molecule has 0 aliphatic carbocycles. The number of ether oxygens (including phenoxy) is 1. The Morgan fingerprint density at radius 2 is 2.11 bits per heavy atom. The monoisotopic (exact) mass is 325 g/mol. The number of aromatic nitrogens is 2. The fraction of sp³-hybridized carbons (Fsp3) is 0.0833. The van der Waals surface area contributed by atoms with Crippen LogP contribution in [0.4, 0.5) is 4.39 Å². The van der Waals surface area contributed by atoms with Crippen LogP contribution >= 0.6 is 15.9 Å². The molecule has 0 saturated heterocycles. The highest BCUT2D eigenvalue weighted by Gasteiger charge is 2.07. The Hall–Kier alpha value is -2.02. The molecule has 0 spiro atoms. The van der Waals surface area contributed by atoms with E-state index in [0.29, 0.717) is 4.47 Å². The molecule has 0 fully saturated rings. The van der Waals surface area contributed by atoms with Crippen LogP contribution < -0.4 is 10.1 Å². The van der Waals surface area contributed by atoms with Gasteiger partial charge in [-0.2, -0.15) is 0 Å².